The molecule has 1 aromatic heterocycles. The first-order chi connectivity index (χ1) is 5.13. The van der Waals surface area contributed by atoms with Crippen molar-refractivity contribution in [1.82, 2.24) is 4.98 Å². The Hall–Kier alpha value is -0.760. The minimum atomic E-state index is 0.101. The Morgan fingerprint density at radius 3 is 2.64 bits per heavy atom. The molecule has 11 heavy (non-hydrogen) atoms. The lowest BCUT2D eigenvalue weighted by Crippen LogP contribution is -1.89. The molecule has 0 saturated carbocycles. The largest absolute Gasteiger partial charge is 0.504 e. The Kier molecular flexibility index (Phi) is 2.35. The monoisotopic (exact) mass is 171 g/mol. The molecule has 0 unspecified atom stereocenters. The van der Waals surface area contributed by atoms with E-state index >= 15 is 0 Å². The highest BCUT2D eigenvalue weighted by Gasteiger charge is 2.08. The zero-order valence-electron chi connectivity index (χ0n) is 6.50. The molecule has 0 bridgehead atoms. The van der Waals surface area contributed by atoms with E-state index in [0.29, 0.717) is 0 Å². The van der Waals surface area contributed by atoms with Crippen molar-refractivity contribution in [1.29, 1.82) is 0 Å². The first-order valence-electron chi connectivity index (χ1n) is 3.46. The second kappa shape index (κ2) is 3.09. The second-order valence-corrected chi connectivity index (χ2v) is 3.05. The van der Waals surface area contributed by atoms with E-state index in [1.807, 2.05) is 13.8 Å². The van der Waals surface area contributed by atoms with Gasteiger partial charge < -0.3 is 5.11 Å². The number of hydrogen-bond donors (Lipinski definition) is 1. The van der Waals surface area contributed by atoms with Crippen LogP contribution in [0.2, 0.25) is 5.15 Å². The molecule has 0 fully saturated rings. The smallest absolute Gasteiger partial charge is 0.171 e. The van der Waals surface area contributed by atoms with Crippen LogP contribution in [0.25, 0.3) is 0 Å². The first kappa shape index (κ1) is 8.34. The Balaban J connectivity index is 3.17. The van der Waals surface area contributed by atoms with Crippen LogP contribution < -0.4 is 0 Å². The summed E-state index contributed by atoms with van der Waals surface area (Å²) >= 11 is 5.60. The van der Waals surface area contributed by atoms with E-state index in [1.54, 1.807) is 12.3 Å². The zero-order valence-corrected chi connectivity index (χ0v) is 7.26. The average molecular weight is 172 g/mol. The lowest BCUT2D eigenvalue weighted by Gasteiger charge is -2.07. The molecule has 0 aliphatic carbocycles. The molecule has 0 aliphatic heterocycles. The fourth-order valence-electron chi connectivity index (χ4n) is 0.908. The topological polar surface area (TPSA) is 33.1 Å². The van der Waals surface area contributed by atoms with Crippen molar-refractivity contribution in [3.05, 3.63) is 23.0 Å². The minimum absolute atomic E-state index is 0.101. The number of hydrogen-bond acceptors (Lipinski definition) is 2. The van der Waals surface area contributed by atoms with Crippen LogP contribution in [0.1, 0.15) is 25.3 Å². The van der Waals surface area contributed by atoms with Gasteiger partial charge in [-0.25, -0.2) is 4.98 Å². The maximum Gasteiger partial charge on any atom is 0.171 e. The summed E-state index contributed by atoms with van der Waals surface area (Å²) in [6, 6.07) is 1.77. The van der Waals surface area contributed by atoms with E-state index < -0.39 is 0 Å². The summed E-state index contributed by atoms with van der Waals surface area (Å²) in [7, 11) is 0. The molecule has 3 heteroatoms. The highest BCUT2D eigenvalue weighted by atomic mass is 35.5. The lowest BCUT2D eigenvalue weighted by molar-refractivity contribution is 0.462. The molecule has 60 valence electrons. The van der Waals surface area contributed by atoms with Gasteiger partial charge in [0.15, 0.2) is 10.9 Å². The minimum Gasteiger partial charge on any atom is -0.504 e. The van der Waals surface area contributed by atoms with Crippen LogP contribution in [0.15, 0.2) is 12.3 Å². The summed E-state index contributed by atoms with van der Waals surface area (Å²) in [6.45, 7) is 3.98. The molecule has 0 radical (unpaired) electrons. The molecule has 0 spiro atoms. The third-order valence-corrected chi connectivity index (χ3v) is 1.81. The summed E-state index contributed by atoms with van der Waals surface area (Å²) in [5.74, 6) is 0.375. The zero-order chi connectivity index (χ0) is 8.43. The third-order valence-electron chi connectivity index (χ3n) is 1.53. The van der Waals surface area contributed by atoms with Crippen molar-refractivity contribution in [3.63, 3.8) is 0 Å². The summed E-state index contributed by atoms with van der Waals surface area (Å²) in [5, 5.41) is 9.55. The molecule has 1 heterocycles. The quantitative estimate of drug-likeness (QED) is 0.659. The van der Waals surface area contributed by atoms with Crippen LogP contribution in [0.5, 0.6) is 5.75 Å². The number of pyridine rings is 1. The molecule has 0 aliphatic rings. The van der Waals surface area contributed by atoms with Crippen LogP contribution in [0, 0.1) is 0 Å². The highest BCUT2D eigenvalue weighted by Crippen LogP contribution is 2.29. The maximum atomic E-state index is 9.37. The van der Waals surface area contributed by atoms with Gasteiger partial charge in [0, 0.05) is 11.8 Å². The molecular weight excluding hydrogens is 162 g/mol. The predicted molar refractivity (Wildman–Crippen MR) is 45.0 cm³/mol. The SMILES string of the molecule is CC(C)c1ccnc(Cl)c1O. The fraction of sp³-hybridized carbons (Fsp3) is 0.375. The Bertz CT molecular complexity index is 260. The fourth-order valence-corrected chi connectivity index (χ4v) is 1.07. The Morgan fingerprint density at radius 1 is 1.55 bits per heavy atom. The van der Waals surface area contributed by atoms with E-state index in [9.17, 15) is 5.11 Å². The highest BCUT2D eigenvalue weighted by molar-refractivity contribution is 6.30. The van der Waals surface area contributed by atoms with Gasteiger partial charge in [-0.05, 0) is 12.0 Å². The third kappa shape index (κ3) is 1.63. The van der Waals surface area contributed by atoms with E-state index in [1.165, 1.54) is 0 Å². The first-order valence-corrected chi connectivity index (χ1v) is 3.84. The van der Waals surface area contributed by atoms with Gasteiger partial charge in [-0.2, -0.15) is 0 Å². The van der Waals surface area contributed by atoms with Crippen LogP contribution in [-0.4, -0.2) is 10.1 Å². The molecule has 1 rings (SSSR count). The Labute approximate surface area is 70.8 Å². The van der Waals surface area contributed by atoms with E-state index in [-0.39, 0.29) is 16.8 Å². The molecule has 0 amide bonds. The summed E-state index contributed by atoms with van der Waals surface area (Å²) in [6.07, 6.45) is 1.59. The standard InChI is InChI=1S/C8H10ClNO/c1-5(2)6-3-4-10-8(9)7(6)11/h3-5,11H,1-2H3. The van der Waals surface area contributed by atoms with Crippen molar-refractivity contribution in [2.45, 2.75) is 19.8 Å². The van der Waals surface area contributed by atoms with Gasteiger partial charge in [-0.3, -0.25) is 0 Å². The van der Waals surface area contributed by atoms with E-state index in [4.69, 9.17) is 11.6 Å². The van der Waals surface area contributed by atoms with Crippen molar-refractivity contribution < 1.29 is 5.11 Å². The molecule has 1 N–H and O–H groups in total. The summed E-state index contributed by atoms with van der Waals surface area (Å²) in [5.41, 5.74) is 0.838. The number of aromatic nitrogens is 1. The maximum absolute atomic E-state index is 9.37. The molecular formula is C8H10ClNO. The summed E-state index contributed by atoms with van der Waals surface area (Å²) in [4.78, 5) is 3.74. The molecule has 0 aromatic carbocycles. The molecule has 0 saturated heterocycles. The van der Waals surface area contributed by atoms with E-state index in [2.05, 4.69) is 4.98 Å². The van der Waals surface area contributed by atoms with Gasteiger partial charge in [0.25, 0.3) is 0 Å². The van der Waals surface area contributed by atoms with Crippen LogP contribution in [0.4, 0.5) is 0 Å². The van der Waals surface area contributed by atoms with E-state index in [0.717, 1.165) is 5.56 Å². The molecule has 2 nitrogen and oxygen atoms in total. The van der Waals surface area contributed by atoms with Crippen molar-refractivity contribution in [3.8, 4) is 5.75 Å². The average Bonchev–Trinajstić information content (AvgIpc) is 1.94. The summed E-state index contributed by atoms with van der Waals surface area (Å²) < 4.78 is 0. The van der Waals surface area contributed by atoms with Gasteiger partial charge >= 0.3 is 0 Å². The Morgan fingerprint density at radius 2 is 2.18 bits per heavy atom. The van der Waals surface area contributed by atoms with Crippen molar-refractivity contribution >= 4 is 11.6 Å². The number of aromatic hydroxyl groups is 1. The number of nitrogens with zero attached hydrogens (tertiary/aromatic N) is 1. The van der Waals surface area contributed by atoms with Crippen LogP contribution in [0.3, 0.4) is 0 Å². The van der Waals surface area contributed by atoms with Gasteiger partial charge in [0.2, 0.25) is 0 Å². The van der Waals surface area contributed by atoms with Crippen molar-refractivity contribution in [2.75, 3.05) is 0 Å². The molecule has 0 atom stereocenters. The van der Waals surface area contributed by atoms with Gasteiger partial charge in [-0.15, -0.1) is 0 Å². The van der Waals surface area contributed by atoms with Crippen molar-refractivity contribution in [2.24, 2.45) is 0 Å². The normalized spacial score (nSPS) is 10.5. The predicted octanol–water partition coefficient (Wildman–Crippen LogP) is 2.56. The molecule has 1 aromatic rings. The number of halogens is 1. The second-order valence-electron chi connectivity index (χ2n) is 2.69. The van der Waals surface area contributed by atoms with Crippen LogP contribution >= 0.6 is 11.6 Å². The van der Waals surface area contributed by atoms with Gasteiger partial charge in [0.05, 0.1) is 0 Å². The lowest BCUT2D eigenvalue weighted by atomic mass is 10.0. The van der Waals surface area contributed by atoms with Crippen LogP contribution in [-0.2, 0) is 0 Å². The number of rotatable bonds is 1. The van der Waals surface area contributed by atoms with Gasteiger partial charge in [-0.1, -0.05) is 25.4 Å². The van der Waals surface area contributed by atoms with Gasteiger partial charge in [0.1, 0.15) is 0 Å².